The topological polar surface area (TPSA) is 115 Å². The van der Waals surface area contributed by atoms with Crippen LogP contribution in [0, 0.1) is 17.5 Å². The number of carboxylic acid groups (broad SMARTS) is 1. The molecule has 1 amide bonds. The summed E-state index contributed by atoms with van der Waals surface area (Å²) in [7, 11) is 0. The number of para-hydroxylation sites is 1. The number of halogens is 6. The summed E-state index contributed by atoms with van der Waals surface area (Å²) >= 11 is 0. The molecule has 0 spiro atoms. The van der Waals surface area contributed by atoms with Crippen molar-refractivity contribution in [2.24, 2.45) is 0 Å². The van der Waals surface area contributed by atoms with Crippen molar-refractivity contribution in [2.45, 2.75) is 32.7 Å². The van der Waals surface area contributed by atoms with Crippen molar-refractivity contribution in [3.05, 3.63) is 69.7 Å². The first-order chi connectivity index (χ1) is 16.8. The van der Waals surface area contributed by atoms with E-state index < -0.39 is 75.8 Å². The fourth-order valence-corrected chi connectivity index (χ4v) is 3.03. The zero-order chi connectivity index (χ0) is 26.9. The summed E-state index contributed by atoms with van der Waals surface area (Å²) in [6.45, 7) is 1.78. The number of nitrogens with one attached hydrogen (secondary N) is 1. The van der Waals surface area contributed by atoms with E-state index in [1.807, 2.05) is 0 Å². The molecule has 3 rings (SSSR count). The number of aromatic carboxylic acids is 1. The summed E-state index contributed by atoms with van der Waals surface area (Å²) in [5, 5.41) is 14.5. The molecule has 0 aliphatic carbocycles. The van der Waals surface area contributed by atoms with Crippen LogP contribution < -0.4 is 15.7 Å². The van der Waals surface area contributed by atoms with Crippen molar-refractivity contribution in [3.8, 4) is 11.4 Å². The smallest absolute Gasteiger partial charge is 0.425 e. The van der Waals surface area contributed by atoms with Crippen LogP contribution in [0.15, 0.2) is 35.1 Å². The maximum Gasteiger partial charge on any atom is 0.425 e. The second-order valence-electron chi connectivity index (χ2n) is 7.22. The highest BCUT2D eigenvalue weighted by atomic mass is 19.4. The number of carbonyl (C=O) groups excluding carboxylic acids is 1. The lowest BCUT2D eigenvalue weighted by Crippen LogP contribution is -2.32. The van der Waals surface area contributed by atoms with E-state index in [-0.39, 0.29) is 11.2 Å². The van der Waals surface area contributed by atoms with Crippen LogP contribution in [0.5, 0.6) is 5.75 Å². The summed E-state index contributed by atoms with van der Waals surface area (Å²) in [5.74, 6) is -8.63. The minimum atomic E-state index is -4.95. The van der Waals surface area contributed by atoms with Gasteiger partial charge in [-0.3, -0.25) is 9.36 Å². The molecule has 0 unspecified atom stereocenters. The largest absolute Gasteiger partial charge is 0.480 e. The number of alkyl halides is 3. The minimum Gasteiger partial charge on any atom is -0.480 e. The molecular weight excluding hydrogens is 502 g/mol. The summed E-state index contributed by atoms with van der Waals surface area (Å²) in [4.78, 5) is 36.6. The fraction of sp³-hybridized carbons (Fsp3) is 0.238. The van der Waals surface area contributed by atoms with Gasteiger partial charge in [0.05, 0.1) is 5.56 Å². The monoisotopic (exact) mass is 518 g/mol. The van der Waals surface area contributed by atoms with Crippen LogP contribution in [-0.2, 0) is 6.54 Å². The number of amides is 1. The predicted molar refractivity (Wildman–Crippen MR) is 111 cm³/mol. The van der Waals surface area contributed by atoms with Crippen LogP contribution in [0.3, 0.4) is 0 Å². The highest BCUT2D eigenvalue weighted by molar-refractivity contribution is 6.06. The number of ether oxygens (including phenoxy) is 1. The number of carboxylic acids is 1. The van der Waals surface area contributed by atoms with Gasteiger partial charge in [0.15, 0.2) is 6.10 Å². The van der Waals surface area contributed by atoms with Gasteiger partial charge in [-0.1, -0.05) is 6.07 Å². The van der Waals surface area contributed by atoms with Crippen LogP contribution in [0.2, 0.25) is 0 Å². The summed E-state index contributed by atoms with van der Waals surface area (Å²) in [6, 6.07) is 3.46. The molecule has 2 N–H and O–H groups in total. The lowest BCUT2D eigenvalue weighted by Gasteiger charge is -2.20. The fourth-order valence-electron chi connectivity index (χ4n) is 3.03. The van der Waals surface area contributed by atoms with Crippen LogP contribution in [0.1, 0.15) is 34.8 Å². The van der Waals surface area contributed by atoms with Gasteiger partial charge in [-0.25, -0.2) is 22.8 Å². The number of anilines is 1. The first-order valence-corrected chi connectivity index (χ1v) is 10.0. The third kappa shape index (κ3) is 5.04. The van der Waals surface area contributed by atoms with E-state index in [1.165, 1.54) is 6.92 Å². The molecule has 0 aliphatic rings. The van der Waals surface area contributed by atoms with Crippen molar-refractivity contribution in [2.75, 3.05) is 5.32 Å². The van der Waals surface area contributed by atoms with Crippen LogP contribution in [0.4, 0.5) is 32.0 Å². The quantitative estimate of drug-likeness (QED) is 0.461. The maximum absolute atomic E-state index is 15.0. The Morgan fingerprint density at radius 2 is 1.75 bits per heavy atom. The van der Waals surface area contributed by atoms with Crippen LogP contribution in [0.25, 0.3) is 5.69 Å². The SMILES string of the molecule is CCn1c(C(=O)O)nn(-c2cc(O[C@@H](C)C(F)(F)F)c(C(=O)Nc3c(F)cccc3F)cc2F)c1=O. The third-order valence-corrected chi connectivity index (χ3v) is 4.86. The van der Waals surface area contributed by atoms with Gasteiger partial charge >= 0.3 is 17.8 Å². The molecule has 3 aromatic rings. The number of rotatable bonds is 7. The van der Waals surface area contributed by atoms with Crippen molar-refractivity contribution in [1.82, 2.24) is 14.3 Å². The molecule has 0 aliphatic heterocycles. The van der Waals surface area contributed by atoms with E-state index in [4.69, 9.17) is 4.74 Å². The molecule has 192 valence electrons. The second kappa shape index (κ2) is 9.75. The first kappa shape index (κ1) is 26.3. The normalized spacial score (nSPS) is 12.3. The average Bonchev–Trinajstić information content (AvgIpc) is 3.12. The number of carbonyl (C=O) groups is 2. The number of benzene rings is 2. The highest BCUT2D eigenvalue weighted by Gasteiger charge is 2.39. The number of hydrogen-bond acceptors (Lipinski definition) is 5. The van der Waals surface area contributed by atoms with Gasteiger partial charge in [0.25, 0.3) is 5.91 Å². The Labute approximate surface area is 197 Å². The highest BCUT2D eigenvalue weighted by Crippen LogP contribution is 2.31. The molecular formula is C21H16F6N4O5. The Morgan fingerprint density at radius 3 is 2.25 bits per heavy atom. The molecule has 15 heteroatoms. The molecule has 0 saturated heterocycles. The lowest BCUT2D eigenvalue weighted by molar-refractivity contribution is -0.189. The number of nitrogens with zero attached hydrogens (tertiary/aromatic N) is 3. The Balaban J connectivity index is 2.18. The van der Waals surface area contributed by atoms with Gasteiger partial charge in [-0.15, -0.1) is 5.10 Å². The molecule has 1 heterocycles. The van der Waals surface area contributed by atoms with E-state index in [0.29, 0.717) is 23.6 Å². The zero-order valence-corrected chi connectivity index (χ0v) is 18.4. The van der Waals surface area contributed by atoms with E-state index >= 15 is 4.39 Å². The predicted octanol–water partition coefficient (Wildman–Crippen LogP) is 3.75. The van der Waals surface area contributed by atoms with Crippen molar-refractivity contribution in [1.29, 1.82) is 0 Å². The molecule has 0 bridgehead atoms. The molecule has 0 radical (unpaired) electrons. The number of hydrogen-bond donors (Lipinski definition) is 2. The molecule has 1 atom stereocenters. The average molecular weight is 518 g/mol. The van der Waals surface area contributed by atoms with E-state index in [2.05, 4.69) is 5.10 Å². The van der Waals surface area contributed by atoms with Gasteiger partial charge in [0.1, 0.15) is 34.6 Å². The molecule has 0 fully saturated rings. The molecule has 1 aromatic heterocycles. The summed E-state index contributed by atoms with van der Waals surface area (Å²) < 4.78 is 88.0. The number of aromatic nitrogens is 3. The third-order valence-electron chi connectivity index (χ3n) is 4.86. The van der Waals surface area contributed by atoms with Crippen molar-refractivity contribution in [3.63, 3.8) is 0 Å². The van der Waals surface area contributed by atoms with Gasteiger partial charge in [-0.05, 0) is 32.0 Å². The maximum atomic E-state index is 15.0. The van der Waals surface area contributed by atoms with Gasteiger partial charge < -0.3 is 15.2 Å². The summed E-state index contributed by atoms with van der Waals surface area (Å²) in [6.07, 6.45) is -7.50. The Bertz CT molecular complexity index is 1380. The van der Waals surface area contributed by atoms with Crippen molar-refractivity contribution < 1.29 is 45.8 Å². The Hall–Kier alpha value is -4.30. The van der Waals surface area contributed by atoms with Crippen LogP contribution in [-0.4, -0.2) is 43.6 Å². The van der Waals surface area contributed by atoms with Gasteiger partial charge in [0.2, 0.25) is 5.82 Å². The molecule has 0 saturated carbocycles. The van der Waals surface area contributed by atoms with Crippen LogP contribution >= 0.6 is 0 Å². The minimum absolute atomic E-state index is 0.189. The van der Waals surface area contributed by atoms with E-state index in [9.17, 15) is 41.4 Å². The lowest BCUT2D eigenvalue weighted by atomic mass is 10.1. The molecule has 2 aromatic carbocycles. The van der Waals surface area contributed by atoms with E-state index in [0.717, 1.165) is 18.2 Å². The standard InChI is InChI=1S/C21H16F6N4O5/c1-3-30-17(19(33)34)29-31(20(30)35)14-8-15(36-9(2)21(25,26)27)10(7-13(14)24)18(32)28-16-11(22)5-4-6-12(16)23/h4-9H,3H2,1-2H3,(H,28,32)(H,33,34)/t9-/m0/s1. The zero-order valence-electron chi connectivity index (χ0n) is 18.4. The Morgan fingerprint density at radius 1 is 1.14 bits per heavy atom. The Kier molecular flexibility index (Phi) is 7.13. The van der Waals surface area contributed by atoms with Crippen molar-refractivity contribution >= 4 is 17.6 Å². The van der Waals surface area contributed by atoms with Gasteiger partial charge in [0, 0.05) is 12.6 Å². The second-order valence-corrected chi connectivity index (χ2v) is 7.22. The molecule has 9 nitrogen and oxygen atoms in total. The van der Waals surface area contributed by atoms with Gasteiger partial charge in [-0.2, -0.15) is 17.9 Å². The summed E-state index contributed by atoms with van der Waals surface area (Å²) in [5.41, 5.74) is -3.84. The molecule has 36 heavy (non-hydrogen) atoms. The van der Waals surface area contributed by atoms with E-state index in [1.54, 1.807) is 5.32 Å². The first-order valence-electron chi connectivity index (χ1n) is 10.0.